The zero-order chi connectivity index (χ0) is 25.4. The molecule has 1 atom stereocenters. The summed E-state index contributed by atoms with van der Waals surface area (Å²) in [4.78, 5) is 33.8. The first kappa shape index (κ1) is 26.1. The molecule has 196 valence electrons. The van der Waals surface area contributed by atoms with Crippen molar-refractivity contribution in [2.24, 2.45) is 0 Å². The number of piperazine rings is 1. The zero-order valence-corrected chi connectivity index (χ0v) is 21.7. The highest BCUT2D eigenvalue weighted by Gasteiger charge is 2.38. The molecular weight excluding hydrogens is 456 g/mol. The monoisotopic (exact) mass is 496 g/mol. The third kappa shape index (κ3) is 6.84. The summed E-state index contributed by atoms with van der Waals surface area (Å²) in [5.41, 5.74) is 0.705. The van der Waals surface area contributed by atoms with Crippen molar-refractivity contribution in [1.82, 2.24) is 25.7 Å². The molecule has 0 spiro atoms. The summed E-state index contributed by atoms with van der Waals surface area (Å²) in [6, 6.07) is 10.8. The second-order valence-electron chi connectivity index (χ2n) is 10.2. The van der Waals surface area contributed by atoms with Crippen LogP contribution in [-0.4, -0.2) is 65.6 Å². The van der Waals surface area contributed by atoms with E-state index >= 15 is 0 Å². The number of rotatable bonds is 9. The number of nitrogens with one attached hydrogen (secondary N) is 2. The van der Waals surface area contributed by atoms with Gasteiger partial charge in [0.2, 0.25) is 17.7 Å². The summed E-state index contributed by atoms with van der Waals surface area (Å²) in [5.74, 6) is 0.881. The molecule has 1 unspecified atom stereocenters. The fourth-order valence-electron chi connectivity index (χ4n) is 5.38. The van der Waals surface area contributed by atoms with Crippen LogP contribution in [-0.2, 0) is 21.5 Å². The van der Waals surface area contributed by atoms with E-state index in [9.17, 15) is 9.59 Å². The Labute approximate surface area is 214 Å². The van der Waals surface area contributed by atoms with Crippen molar-refractivity contribution < 1.29 is 14.1 Å². The SMILES string of the molecule is CC(=O)NC1(c2noc(CCC(=O)NCC(C)N3CCN(c4ccccc4)CC3)n2)CCCCCC1. The van der Waals surface area contributed by atoms with Crippen LogP contribution in [0.3, 0.4) is 0 Å². The van der Waals surface area contributed by atoms with Gasteiger partial charge < -0.3 is 20.1 Å². The summed E-state index contributed by atoms with van der Waals surface area (Å²) in [6.45, 7) is 8.24. The Morgan fingerprint density at radius 1 is 1.06 bits per heavy atom. The second kappa shape index (κ2) is 12.3. The molecule has 2 fully saturated rings. The number of carbonyl (C=O) groups is 2. The number of aromatic nitrogens is 2. The molecule has 1 saturated heterocycles. The van der Waals surface area contributed by atoms with Gasteiger partial charge in [0.15, 0.2) is 5.82 Å². The minimum absolute atomic E-state index is 0.0180. The molecular formula is C27H40N6O3. The van der Waals surface area contributed by atoms with Gasteiger partial charge >= 0.3 is 0 Å². The molecule has 4 rings (SSSR count). The molecule has 1 saturated carbocycles. The van der Waals surface area contributed by atoms with Gasteiger partial charge in [0.25, 0.3) is 0 Å². The number of nitrogens with zero attached hydrogens (tertiary/aromatic N) is 4. The zero-order valence-electron chi connectivity index (χ0n) is 21.7. The third-order valence-corrected chi connectivity index (χ3v) is 7.49. The number of anilines is 1. The average molecular weight is 497 g/mol. The molecule has 9 nitrogen and oxygen atoms in total. The predicted molar refractivity (Wildman–Crippen MR) is 139 cm³/mol. The first-order valence-corrected chi connectivity index (χ1v) is 13.4. The predicted octanol–water partition coefficient (Wildman–Crippen LogP) is 3.01. The van der Waals surface area contributed by atoms with E-state index in [2.05, 4.69) is 61.8 Å². The Morgan fingerprint density at radius 3 is 2.42 bits per heavy atom. The number of aryl methyl sites for hydroxylation is 1. The Morgan fingerprint density at radius 2 is 1.75 bits per heavy atom. The number of benzene rings is 1. The fourth-order valence-corrected chi connectivity index (χ4v) is 5.38. The van der Waals surface area contributed by atoms with Crippen molar-refractivity contribution in [2.75, 3.05) is 37.6 Å². The Bertz CT molecular complexity index is 978. The van der Waals surface area contributed by atoms with Crippen LogP contribution in [0.4, 0.5) is 5.69 Å². The highest BCUT2D eigenvalue weighted by atomic mass is 16.5. The van der Waals surface area contributed by atoms with Gasteiger partial charge in [-0.3, -0.25) is 14.5 Å². The van der Waals surface area contributed by atoms with Crippen LogP contribution in [0.25, 0.3) is 0 Å². The fraction of sp³-hybridized carbons (Fsp3) is 0.630. The van der Waals surface area contributed by atoms with Gasteiger partial charge in [-0.2, -0.15) is 4.98 Å². The van der Waals surface area contributed by atoms with Gasteiger partial charge in [-0.05, 0) is 31.9 Å². The molecule has 2 aromatic rings. The number of para-hydroxylation sites is 1. The first-order chi connectivity index (χ1) is 17.4. The Kier molecular flexibility index (Phi) is 8.96. The van der Waals surface area contributed by atoms with Crippen LogP contribution < -0.4 is 15.5 Å². The molecule has 1 aromatic carbocycles. The van der Waals surface area contributed by atoms with E-state index in [1.165, 1.54) is 12.6 Å². The lowest BCUT2D eigenvalue weighted by molar-refractivity contribution is -0.122. The maximum Gasteiger partial charge on any atom is 0.227 e. The van der Waals surface area contributed by atoms with E-state index in [0.29, 0.717) is 31.1 Å². The molecule has 2 heterocycles. The summed E-state index contributed by atoms with van der Waals surface area (Å²) >= 11 is 0. The van der Waals surface area contributed by atoms with E-state index < -0.39 is 5.54 Å². The van der Waals surface area contributed by atoms with Crippen molar-refractivity contribution in [2.45, 2.75) is 76.8 Å². The van der Waals surface area contributed by atoms with Gasteiger partial charge in [0, 0.05) is 64.2 Å². The van der Waals surface area contributed by atoms with Crippen LogP contribution in [0.5, 0.6) is 0 Å². The smallest absolute Gasteiger partial charge is 0.227 e. The highest BCUT2D eigenvalue weighted by molar-refractivity contribution is 5.76. The minimum Gasteiger partial charge on any atom is -0.369 e. The summed E-state index contributed by atoms with van der Waals surface area (Å²) in [6.07, 6.45) is 6.63. The van der Waals surface area contributed by atoms with E-state index in [-0.39, 0.29) is 17.9 Å². The molecule has 0 radical (unpaired) electrons. The number of hydrogen-bond acceptors (Lipinski definition) is 7. The number of carbonyl (C=O) groups excluding carboxylic acids is 2. The van der Waals surface area contributed by atoms with Crippen LogP contribution >= 0.6 is 0 Å². The topological polar surface area (TPSA) is 104 Å². The molecule has 2 aliphatic rings. The van der Waals surface area contributed by atoms with Crippen molar-refractivity contribution in [3.8, 4) is 0 Å². The van der Waals surface area contributed by atoms with E-state index in [1.807, 2.05) is 6.07 Å². The standard InChI is InChI=1S/C27H40N6O3/c1-21(32-16-18-33(19-17-32)23-10-6-5-7-11-23)20-28-24(35)12-13-25-29-26(31-36-25)27(30-22(2)34)14-8-3-4-9-15-27/h5-7,10-11,21H,3-4,8-9,12-20H2,1-2H3,(H,28,35)(H,30,34). The Balaban J connectivity index is 1.21. The largest absolute Gasteiger partial charge is 0.369 e. The third-order valence-electron chi connectivity index (χ3n) is 7.49. The van der Waals surface area contributed by atoms with Crippen molar-refractivity contribution in [1.29, 1.82) is 0 Å². The van der Waals surface area contributed by atoms with Crippen LogP contribution in [0.15, 0.2) is 34.9 Å². The highest BCUT2D eigenvalue weighted by Crippen LogP contribution is 2.34. The molecule has 36 heavy (non-hydrogen) atoms. The minimum atomic E-state index is -0.563. The first-order valence-electron chi connectivity index (χ1n) is 13.4. The second-order valence-corrected chi connectivity index (χ2v) is 10.2. The number of amides is 2. The molecule has 1 aliphatic carbocycles. The van der Waals surface area contributed by atoms with Crippen LogP contribution in [0.1, 0.15) is 70.5 Å². The summed E-state index contributed by atoms with van der Waals surface area (Å²) < 4.78 is 5.48. The Hall–Kier alpha value is -2.94. The molecule has 2 amide bonds. The molecule has 9 heteroatoms. The maximum atomic E-state index is 12.5. The molecule has 0 bridgehead atoms. The van der Waals surface area contributed by atoms with Crippen molar-refractivity contribution in [3.63, 3.8) is 0 Å². The van der Waals surface area contributed by atoms with Gasteiger partial charge in [-0.1, -0.05) is 49.0 Å². The number of hydrogen-bond donors (Lipinski definition) is 2. The lowest BCUT2D eigenvalue weighted by atomic mass is 9.89. The van der Waals surface area contributed by atoms with Crippen molar-refractivity contribution >= 4 is 17.5 Å². The summed E-state index contributed by atoms with van der Waals surface area (Å²) in [5, 5.41) is 10.4. The van der Waals surface area contributed by atoms with E-state index in [4.69, 9.17) is 4.52 Å². The van der Waals surface area contributed by atoms with Gasteiger partial charge in [0.1, 0.15) is 5.54 Å². The molecule has 1 aromatic heterocycles. The normalized spacial score (nSPS) is 19.3. The lowest BCUT2D eigenvalue weighted by Crippen LogP contribution is -2.52. The molecule has 2 N–H and O–H groups in total. The van der Waals surface area contributed by atoms with Gasteiger partial charge in [-0.15, -0.1) is 0 Å². The van der Waals surface area contributed by atoms with Crippen LogP contribution in [0.2, 0.25) is 0 Å². The average Bonchev–Trinajstić information content (AvgIpc) is 3.26. The lowest BCUT2D eigenvalue weighted by Gasteiger charge is -2.39. The quantitative estimate of drug-likeness (QED) is 0.514. The van der Waals surface area contributed by atoms with E-state index in [1.54, 1.807) is 0 Å². The summed E-state index contributed by atoms with van der Waals surface area (Å²) in [7, 11) is 0. The van der Waals surface area contributed by atoms with Gasteiger partial charge in [-0.25, -0.2) is 0 Å². The van der Waals surface area contributed by atoms with Crippen LogP contribution in [0, 0.1) is 0 Å². The van der Waals surface area contributed by atoms with Gasteiger partial charge in [0.05, 0.1) is 0 Å². The van der Waals surface area contributed by atoms with E-state index in [0.717, 1.165) is 64.7 Å². The molecule has 1 aliphatic heterocycles. The maximum absolute atomic E-state index is 12.5. The van der Waals surface area contributed by atoms with Crippen molar-refractivity contribution in [3.05, 3.63) is 42.0 Å².